The van der Waals surface area contributed by atoms with E-state index in [1.807, 2.05) is 6.92 Å². The molecule has 0 aromatic heterocycles. The van der Waals surface area contributed by atoms with Crippen molar-refractivity contribution in [3.8, 4) is 0 Å². The number of halogens is 2. The zero-order valence-corrected chi connectivity index (χ0v) is 12.8. The first-order valence-electron chi connectivity index (χ1n) is 6.78. The third-order valence-electron chi connectivity index (χ3n) is 3.54. The van der Waals surface area contributed by atoms with Gasteiger partial charge in [-0.05, 0) is 60.8 Å². The zero-order valence-electron chi connectivity index (χ0n) is 12.0. The van der Waals surface area contributed by atoms with E-state index in [1.165, 1.54) is 23.3 Å². The van der Waals surface area contributed by atoms with Gasteiger partial charge in [0.2, 0.25) is 0 Å². The molecule has 1 N–H and O–H groups in total. The molecule has 20 heavy (non-hydrogen) atoms. The first-order chi connectivity index (χ1) is 9.52. The topological polar surface area (TPSA) is 12.0 Å². The largest absolute Gasteiger partial charge is 0.306 e. The van der Waals surface area contributed by atoms with Crippen LogP contribution >= 0.6 is 11.6 Å². The molecule has 1 nitrogen and oxygen atoms in total. The lowest BCUT2D eigenvalue weighted by Gasteiger charge is -2.21. The Kier molecular flexibility index (Phi) is 4.79. The average Bonchev–Trinajstić information content (AvgIpc) is 2.42. The maximum absolute atomic E-state index is 13.5. The second kappa shape index (κ2) is 6.38. The molecule has 0 aliphatic heterocycles. The fraction of sp³-hybridized carbons (Fsp3) is 0.294. The predicted octanol–water partition coefficient (Wildman–Crippen LogP) is 4.79. The van der Waals surface area contributed by atoms with Crippen LogP contribution in [0.15, 0.2) is 36.4 Å². The Balaban J connectivity index is 2.49. The zero-order chi connectivity index (χ0) is 14.7. The molecule has 1 atom stereocenters. The lowest BCUT2D eigenvalue weighted by molar-refractivity contribution is 0.603. The highest BCUT2D eigenvalue weighted by molar-refractivity contribution is 6.31. The van der Waals surface area contributed by atoms with Crippen molar-refractivity contribution in [2.24, 2.45) is 0 Å². The lowest BCUT2D eigenvalue weighted by Crippen LogP contribution is -2.22. The minimum Gasteiger partial charge on any atom is -0.306 e. The lowest BCUT2D eigenvalue weighted by atomic mass is 9.95. The summed E-state index contributed by atoms with van der Waals surface area (Å²) in [6, 6.07) is 10.7. The quantitative estimate of drug-likeness (QED) is 0.853. The summed E-state index contributed by atoms with van der Waals surface area (Å²) >= 11 is 6.24. The summed E-state index contributed by atoms with van der Waals surface area (Å²) in [5.41, 5.74) is 4.34. The molecule has 0 spiro atoms. The molecule has 1 unspecified atom stereocenters. The third-order valence-corrected chi connectivity index (χ3v) is 3.89. The predicted molar refractivity (Wildman–Crippen MR) is 82.8 cm³/mol. The molecule has 0 fully saturated rings. The second-order valence-electron chi connectivity index (χ2n) is 5.00. The van der Waals surface area contributed by atoms with Crippen molar-refractivity contribution >= 4 is 11.6 Å². The van der Waals surface area contributed by atoms with Gasteiger partial charge >= 0.3 is 0 Å². The summed E-state index contributed by atoms with van der Waals surface area (Å²) in [5.74, 6) is -0.267. The van der Waals surface area contributed by atoms with Gasteiger partial charge < -0.3 is 5.32 Å². The molecule has 2 aromatic carbocycles. The molecule has 2 rings (SSSR count). The van der Waals surface area contributed by atoms with Gasteiger partial charge in [0.1, 0.15) is 5.82 Å². The van der Waals surface area contributed by atoms with Crippen LogP contribution in [0.4, 0.5) is 4.39 Å². The average molecular weight is 292 g/mol. The molecule has 2 aromatic rings. The van der Waals surface area contributed by atoms with E-state index in [4.69, 9.17) is 11.6 Å². The van der Waals surface area contributed by atoms with Crippen LogP contribution in [0.25, 0.3) is 0 Å². The maximum atomic E-state index is 13.5. The third kappa shape index (κ3) is 3.20. The van der Waals surface area contributed by atoms with Crippen LogP contribution in [0.2, 0.25) is 5.02 Å². The van der Waals surface area contributed by atoms with E-state index in [-0.39, 0.29) is 11.9 Å². The molecule has 0 saturated heterocycles. The molecular weight excluding hydrogens is 273 g/mol. The minimum absolute atomic E-state index is 0.0949. The smallest absolute Gasteiger partial charge is 0.123 e. The van der Waals surface area contributed by atoms with Gasteiger partial charge in [0.15, 0.2) is 0 Å². The van der Waals surface area contributed by atoms with E-state index in [0.29, 0.717) is 5.02 Å². The Morgan fingerprint density at radius 2 is 1.85 bits per heavy atom. The number of benzene rings is 2. The number of nitrogens with one attached hydrogen (secondary N) is 1. The summed E-state index contributed by atoms with van der Waals surface area (Å²) in [4.78, 5) is 0. The first-order valence-corrected chi connectivity index (χ1v) is 7.16. The highest BCUT2D eigenvalue weighted by Crippen LogP contribution is 2.30. The Bertz CT molecular complexity index is 610. The van der Waals surface area contributed by atoms with Crippen molar-refractivity contribution < 1.29 is 4.39 Å². The number of hydrogen-bond acceptors (Lipinski definition) is 1. The Labute approximate surface area is 124 Å². The van der Waals surface area contributed by atoms with Crippen LogP contribution < -0.4 is 5.32 Å². The summed E-state index contributed by atoms with van der Waals surface area (Å²) in [6.07, 6.45) is 0. The number of hydrogen-bond donors (Lipinski definition) is 1. The minimum atomic E-state index is -0.267. The van der Waals surface area contributed by atoms with Crippen molar-refractivity contribution in [1.29, 1.82) is 0 Å². The summed E-state index contributed by atoms with van der Waals surface area (Å²) < 4.78 is 13.5. The van der Waals surface area contributed by atoms with Crippen LogP contribution in [-0.2, 0) is 0 Å². The SMILES string of the molecule is CCNC(c1ccc(C)c(C)c1)c1cc(F)ccc1Cl. The van der Waals surface area contributed by atoms with Gasteiger partial charge in [0.25, 0.3) is 0 Å². The van der Waals surface area contributed by atoms with Crippen LogP contribution in [0.5, 0.6) is 0 Å². The second-order valence-corrected chi connectivity index (χ2v) is 5.41. The molecule has 106 valence electrons. The summed E-state index contributed by atoms with van der Waals surface area (Å²) in [7, 11) is 0. The molecule has 0 aliphatic carbocycles. The molecule has 0 aliphatic rings. The van der Waals surface area contributed by atoms with E-state index in [2.05, 4.69) is 37.4 Å². The highest BCUT2D eigenvalue weighted by Gasteiger charge is 2.17. The van der Waals surface area contributed by atoms with E-state index in [0.717, 1.165) is 17.7 Å². The molecule has 0 bridgehead atoms. The number of rotatable bonds is 4. The van der Waals surface area contributed by atoms with Crippen LogP contribution in [0.3, 0.4) is 0 Å². The monoisotopic (exact) mass is 291 g/mol. The van der Waals surface area contributed by atoms with Gasteiger partial charge in [-0.1, -0.05) is 36.7 Å². The van der Waals surface area contributed by atoms with Gasteiger partial charge in [0, 0.05) is 5.02 Å². The van der Waals surface area contributed by atoms with Crippen molar-refractivity contribution in [3.05, 3.63) is 69.5 Å². The van der Waals surface area contributed by atoms with E-state index >= 15 is 0 Å². The molecule has 0 radical (unpaired) electrons. The van der Waals surface area contributed by atoms with Gasteiger partial charge in [-0.15, -0.1) is 0 Å². The molecule has 0 amide bonds. The van der Waals surface area contributed by atoms with Gasteiger partial charge in [-0.25, -0.2) is 4.39 Å². The van der Waals surface area contributed by atoms with Crippen molar-refractivity contribution in [1.82, 2.24) is 5.32 Å². The maximum Gasteiger partial charge on any atom is 0.123 e. The van der Waals surface area contributed by atoms with Crippen LogP contribution in [0, 0.1) is 19.7 Å². The van der Waals surface area contributed by atoms with E-state index < -0.39 is 0 Å². The van der Waals surface area contributed by atoms with Crippen molar-refractivity contribution in [2.75, 3.05) is 6.54 Å². The van der Waals surface area contributed by atoms with Gasteiger partial charge in [-0.3, -0.25) is 0 Å². The molecule has 0 heterocycles. The highest BCUT2D eigenvalue weighted by atomic mass is 35.5. The van der Waals surface area contributed by atoms with Gasteiger partial charge in [0.05, 0.1) is 6.04 Å². The van der Waals surface area contributed by atoms with E-state index in [1.54, 1.807) is 6.07 Å². The Morgan fingerprint density at radius 3 is 2.50 bits per heavy atom. The first kappa shape index (κ1) is 15.0. The summed E-state index contributed by atoms with van der Waals surface area (Å²) in [6.45, 7) is 6.97. The Morgan fingerprint density at radius 1 is 1.10 bits per heavy atom. The standard InChI is InChI=1S/C17H19ClFN/c1-4-20-17(13-6-5-11(2)12(3)9-13)15-10-14(19)7-8-16(15)18/h5-10,17,20H,4H2,1-3H3. The van der Waals surface area contributed by atoms with Crippen molar-refractivity contribution in [3.63, 3.8) is 0 Å². The fourth-order valence-electron chi connectivity index (χ4n) is 2.29. The fourth-order valence-corrected chi connectivity index (χ4v) is 2.52. The molecule has 0 saturated carbocycles. The van der Waals surface area contributed by atoms with Gasteiger partial charge in [-0.2, -0.15) is 0 Å². The normalized spacial score (nSPS) is 12.4. The van der Waals surface area contributed by atoms with Crippen LogP contribution in [-0.4, -0.2) is 6.54 Å². The van der Waals surface area contributed by atoms with E-state index in [9.17, 15) is 4.39 Å². The van der Waals surface area contributed by atoms with Crippen molar-refractivity contribution in [2.45, 2.75) is 26.8 Å². The Hall–Kier alpha value is -1.38. The molecular formula is C17H19ClFN. The molecule has 3 heteroatoms. The van der Waals surface area contributed by atoms with Crippen LogP contribution in [0.1, 0.15) is 35.2 Å². The number of aryl methyl sites for hydroxylation is 2. The summed E-state index contributed by atoms with van der Waals surface area (Å²) in [5, 5.41) is 3.96.